The third-order valence-corrected chi connectivity index (χ3v) is 8.48. The van der Waals surface area contributed by atoms with Crippen molar-refractivity contribution in [1.29, 1.82) is 0 Å². The fraction of sp³-hybridized carbons (Fsp3) is 0.273. The maximum Gasteiger partial charge on any atom is 0.188 e. The Morgan fingerprint density at radius 3 is 2.65 bits per heavy atom. The fourth-order valence-electron chi connectivity index (χ4n) is 5.91. The van der Waals surface area contributed by atoms with Crippen molar-refractivity contribution in [3.8, 4) is 11.5 Å². The summed E-state index contributed by atoms with van der Waals surface area (Å²) in [6.07, 6.45) is 6.35. The van der Waals surface area contributed by atoms with Crippen LogP contribution in [0.25, 0.3) is 5.70 Å². The molecular formula is C33H31N4OPtS-3. The number of ether oxygens (including phenoxy) is 1. The Labute approximate surface area is 266 Å². The summed E-state index contributed by atoms with van der Waals surface area (Å²) in [6, 6.07) is 7.65. The van der Waals surface area contributed by atoms with E-state index in [-0.39, 0.29) is 74.3 Å². The minimum atomic E-state index is -0.482. The molecule has 2 aliphatic heterocycles. The molecule has 0 N–H and O–H groups in total. The van der Waals surface area contributed by atoms with Crippen molar-refractivity contribution in [2.24, 2.45) is 0 Å². The van der Waals surface area contributed by atoms with E-state index in [0.717, 1.165) is 35.0 Å². The second kappa shape index (κ2) is 11.1. The Bertz CT molecular complexity index is 1960. The van der Waals surface area contributed by atoms with Crippen molar-refractivity contribution in [2.45, 2.75) is 51.5 Å². The normalized spacial score (nSPS) is 22.7. The minimum Gasteiger partial charge on any atom is -0.509 e. The monoisotopic (exact) mass is 734 g/mol. The van der Waals surface area contributed by atoms with E-state index in [4.69, 9.17) is 15.7 Å². The number of hydrogen-bond acceptors (Lipinski definition) is 6. The van der Waals surface area contributed by atoms with Gasteiger partial charge in [-0.1, -0.05) is 55.2 Å². The van der Waals surface area contributed by atoms with E-state index in [1.54, 1.807) is 41.8 Å². The average Bonchev–Trinajstić information content (AvgIpc) is 3.72. The molecule has 2 atom stereocenters. The van der Waals surface area contributed by atoms with Gasteiger partial charge in [0.1, 0.15) is 0 Å². The van der Waals surface area contributed by atoms with Gasteiger partial charge in [0.05, 0.1) is 6.85 Å². The predicted molar refractivity (Wildman–Crippen MR) is 158 cm³/mol. The molecule has 0 radical (unpaired) electrons. The smallest absolute Gasteiger partial charge is 0.188 e. The second-order valence-corrected chi connectivity index (χ2v) is 11.2. The SMILES string of the molecule is [2H]c1c(Oc2[c-]c3c(cc2)C2CCCCC2N3c2ncc(C)s2)[c-]c(N2[CH-]N(C)C(c3c([2H])c([2H])c([2H])c([2H])c3[2H])=C2C)c([2H])c1[2H].[Pt]. The van der Waals surface area contributed by atoms with Crippen LogP contribution in [-0.4, -0.2) is 23.0 Å². The molecule has 0 amide bonds. The van der Waals surface area contributed by atoms with E-state index < -0.39 is 18.1 Å². The van der Waals surface area contributed by atoms with Crippen LogP contribution in [0, 0.1) is 25.7 Å². The second-order valence-electron chi connectivity index (χ2n) is 10.0. The largest absolute Gasteiger partial charge is 0.509 e. The van der Waals surface area contributed by atoms with Crippen molar-refractivity contribution in [3.05, 3.63) is 107 Å². The fourth-order valence-corrected chi connectivity index (χ4v) is 6.73. The summed E-state index contributed by atoms with van der Waals surface area (Å²) in [5.41, 5.74) is 3.06. The molecule has 7 rings (SSSR count). The van der Waals surface area contributed by atoms with Gasteiger partial charge in [-0.3, -0.25) is 0 Å². The van der Waals surface area contributed by atoms with E-state index in [1.807, 2.05) is 19.2 Å². The van der Waals surface area contributed by atoms with Gasteiger partial charge in [-0.25, -0.2) is 4.98 Å². The van der Waals surface area contributed by atoms with Crippen molar-refractivity contribution in [1.82, 2.24) is 9.88 Å². The molecule has 208 valence electrons. The molecule has 0 spiro atoms. The number of allylic oxidation sites excluding steroid dienone is 1. The first-order valence-electron chi connectivity index (χ1n) is 17.0. The molecule has 40 heavy (non-hydrogen) atoms. The van der Waals surface area contributed by atoms with E-state index in [0.29, 0.717) is 23.1 Å². The summed E-state index contributed by atoms with van der Waals surface area (Å²) >= 11 is 1.64. The summed E-state index contributed by atoms with van der Waals surface area (Å²) in [7, 11) is 1.67. The Morgan fingerprint density at radius 2 is 1.85 bits per heavy atom. The van der Waals surface area contributed by atoms with Crippen molar-refractivity contribution in [2.75, 3.05) is 16.8 Å². The zero-order chi connectivity index (χ0) is 33.5. The van der Waals surface area contributed by atoms with Crippen molar-refractivity contribution < 1.29 is 36.8 Å². The molecule has 2 unspecified atom stereocenters. The summed E-state index contributed by atoms with van der Waals surface area (Å²) in [5.74, 6) is 0.669. The maximum atomic E-state index is 8.73. The third kappa shape index (κ3) is 4.75. The van der Waals surface area contributed by atoms with Crippen LogP contribution in [0.2, 0.25) is 0 Å². The predicted octanol–water partition coefficient (Wildman–Crippen LogP) is 8.28. The number of aromatic nitrogens is 1. The van der Waals surface area contributed by atoms with Crippen molar-refractivity contribution in [3.63, 3.8) is 0 Å². The molecular weight excluding hydrogens is 696 g/mol. The van der Waals surface area contributed by atoms with Crippen LogP contribution in [0.1, 0.15) is 65.5 Å². The first-order chi connectivity index (χ1) is 22.4. The molecule has 5 nitrogen and oxygen atoms in total. The number of nitrogens with zero attached hydrogens (tertiary/aromatic N) is 4. The van der Waals surface area contributed by atoms with E-state index in [2.05, 4.69) is 28.1 Å². The third-order valence-electron chi connectivity index (χ3n) is 7.57. The molecule has 7 heteroatoms. The van der Waals surface area contributed by atoms with E-state index >= 15 is 0 Å². The number of hydrogen-bond donors (Lipinski definition) is 0. The Kier molecular flexibility index (Phi) is 5.29. The van der Waals surface area contributed by atoms with Crippen LogP contribution in [0.3, 0.4) is 0 Å². The van der Waals surface area contributed by atoms with Crippen LogP contribution in [-0.2, 0) is 21.1 Å². The molecule has 1 fully saturated rings. The summed E-state index contributed by atoms with van der Waals surface area (Å²) in [6.45, 7) is 5.33. The van der Waals surface area contributed by atoms with E-state index in [1.165, 1.54) is 12.0 Å². The van der Waals surface area contributed by atoms with Crippen LogP contribution >= 0.6 is 11.3 Å². The maximum absolute atomic E-state index is 8.73. The standard InChI is InChI=1S/C33H31N4OS.Pt/c1-22-20-34-33(39-22)37-30-15-8-7-14-28(30)29-17-16-27(19-31(29)37)38-26-13-9-12-25(18-26)36-21-35(3)32(23(36)2)24-10-5-4-6-11-24;/h4-6,9-13,16-17,20-21,28,30H,7-8,14-15H2,1-3H3;/q-3;/i4D,5D,6D,9D,10D,11D,12D,13D;. The average molecular weight is 735 g/mol. The number of rotatable bonds is 5. The number of aryl methyl sites for hydroxylation is 1. The van der Waals surface area contributed by atoms with Crippen LogP contribution in [0.15, 0.2) is 72.4 Å². The topological polar surface area (TPSA) is 31.8 Å². The number of benzene rings is 3. The number of thiazole rings is 1. The molecule has 1 aliphatic carbocycles. The van der Waals surface area contributed by atoms with Gasteiger partial charge in [0.15, 0.2) is 5.13 Å². The van der Waals surface area contributed by atoms with Gasteiger partial charge in [-0.05, 0) is 41.5 Å². The van der Waals surface area contributed by atoms with Crippen LogP contribution in [0.5, 0.6) is 11.5 Å². The Hall–Kier alpha value is -3.08. The molecule has 0 bridgehead atoms. The molecule has 1 saturated carbocycles. The number of anilines is 3. The summed E-state index contributed by atoms with van der Waals surface area (Å²) < 4.78 is 73.5. The molecule has 0 saturated heterocycles. The summed E-state index contributed by atoms with van der Waals surface area (Å²) in [4.78, 5) is 11.3. The van der Waals surface area contributed by atoms with E-state index in [9.17, 15) is 0 Å². The van der Waals surface area contributed by atoms with Crippen LogP contribution < -0.4 is 14.5 Å². The van der Waals surface area contributed by atoms with Gasteiger partial charge in [-0.15, -0.1) is 52.9 Å². The van der Waals surface area contributed by atoms with Crippen molar-refractivity contribution >= 4 is 33.5 Å². The molecule has 3 heterocycles. The van der Waals surface area contributed by atoms with Gasteiger partial charge < -0.3 is 19.4 Å². The summed E-state index contributed by atoms with van der Waals surface area (Å²) in [5, 5.41) is 0.916. The molecule has 4 aromatic rings. The first kappa shape index (κ1) is 19.1. The zero-order valence-corrected chi connectivity index (χ0v) is 25.3. The van der Waals surface area contributed by atoms with Gasteiger partial charge in [0.2, 0.25) is 0 Å². The van der Waals surface area contributed by atoms with Gasteiger partial charge in [0, 0.05) is 62.4 Å². The molecule has 1 aromatic heterocycles. The Balaban J connectivity index is 0.00000401. The van der Waals surface area contributed by atoms with Gasteiger partial charge >= 0.3 is 0 Å². The first-order valence-corrected chi connectivity index (χ1v) is 13.8. The molecule has 3 aromatic carbocycles. The molecule has 3 aliphatic rings. The van der Waals surface area contributed by atoms with Gasteiger partial charge in [0.25, 0.3) is 0 Å². The Morgan fingerprint density at radius 1 is 1.02 bits per heavy atom. The number of fused-ring (bicyclic) bond motifs is 3. The quantitative estimate of drug-likeness (QED) is 0.193. The van der Waals surface area contributed by atoms with Gasteiger partial charge in [-0.2, -0.15) is 18.8 Å². The zero-order valence-electron chi connectivity index (χ0n) is 30.2. The van der Waals surface area contributed by atoms with Crippen LogP contribution in [0.4, 0.5) is 16.5 Å². The minimum absolute atomic E-state index is 0.